The Hall–Kier alpha value is -1.89. The van der Waals surface area contributed by atoms with Gasteiger partial charge in [-0.25, -0.2) is 14.8 Å². The van der Waals surface area contributed by atoms with Crippen LogP contribution in [0.2, 0.25) is 0 Å². The lowest BCUT2D eigenvalue weighted by molar-refractivity contribution is 0.236. The number of aryl methyl sites for hydroxylation is 1. The minimum absolute atomic E-state index is 0.0470. The number of urea groups is 1. The number of nitrogens with zero attached hydrogens (tertiary/aromatic N) is 3. The van der Waals surface area contributed by atoms with Gasteiger partial charge < -0.3 is 15.2 Å². The first-order valence-corrected chi connectivity index (χ1v) is 7.42. The van der Waals surface area contributed by atoms with Crippen molar-refractivity contribution in [3.8, 4) is 0 Å². The average molecular weight is 293 g/mol. The van der Waals surface area contributed by atoms with E-state index in [1.807, 2.05) is 30.0 Å². The zero-order valence-corrected chi connectivity index (χ0v) is 12.5. The molecule has 20 heavy (non-hydrogen) atoms. The molecule has 1 unspecified atom stereocenters. The number of hydrogen-bond acceptors (Lipinski definition) is 4. The first-order valence-electron chi connectivity index (χ1n) is 6.54. The van der Waals surface area contributed by atoms with Gasteiger partial charge in [-0.1, -0.05) is 0 Å². The fourth-order valence-corrected chi connectivity index (χ4v) is 2.51. The van der Waals surface area contributed by atoms with Crippen LogP contribution in [0.25, 0.3) is 0 Å². The molecular weight excluding hydrogens is 274 g/mol. The summed E-state index contributed by atoms with van der Waals surface area (Å²) in [5, 5.41) is 8.81. The number of rotatable bonds is 6. The largest absolute Gasteiger partial charge is 0.338 e. The second-order valence-corrected chi connectivity index (χ2v) is 5.73. The highest BCUT2D eigenvalue weighted by Crippen LogP contribution is 2.07. The number of carbonyl (C=O) groups is 1. The predicted octanol–water partition coefficient (Wildman–Crippen LogP) is 1.58. The van der Waals surface area contributed by atoms with E-state index in [-0.39, 0.29) is 12.1 Å². The molecule has 1 atom stereocenters. The number of amides is 2. The van der Waals surface area contributed by atoms with Gasteiger partial charge in [0, 0.05) is 43.3 Å². The lowest BCUT2D eigenvalue weighted by Crippen LogP contribution is -2.43. The number of carbonyl (C=O) groups excluding carboxylic acids is 1. The Kier molecular flexibility index (Phi) is 5.11. The summed E-state index contributed by atoms with van der Waals surface area (Å²) in [5.74, 6) is 0. The number of imidazole rings is 1. The molecule has 0 spiro atoms. The van der Waals surface area contributed by atoms with Crippen LogP contribution in [0.4, 0.5) is 4.79 Å². The van der Waals surface area contributed by atoms with Crippen LogP contribution in [0.1, 0.15) is 17.6 Å². The van der Waals surface area contributed by atoms with Crippen molar-refractivity contribution in [2.75, 3.05) is 6.54 Å². The molecule has 0 saturated carbocycles. The summed E-state index contributed by atoms with van der Waals surface area (Å²) in [5.41, 5.74) is 1.03. The van der Waals surface area contributed by atoms with Crippen molar-refractivity contribution >= 4 is 17.4 Å². The van der Waals surface area contributed by atoms with E-state index in [4.69, 9.17) is 0 Å². The minimum Gasteiger partial charge on any atom is -0.338 e. The maximum atomic E-state index is 11.7. The van der Waals surface area contributed by atoms with Gasteiger partial charge in [-0.3, -0.25) is 0 Å². The van der Waals surface area contributed by atoms with Crippen LogP contribution in [-0.2, 0) is 13.0 Å². The number of hydrogen-bond donors (Lipinski definition) is 2. The zero-order valence-electron chi connectivity index (χ0n) is 11.7. The van der Waals surface area contributed by atoms with Gasteiger partial charge in [0.1, 0.15) is 0 Å². The smallest absolute Gasteiger partial charge is 0.315 e. The highest BCUT2D eigenvalue weighted by Gasteiger charge is 2.07. The van der Waals surface area contributed by atoms with Gasteiger partial charge in [0.2, 0.25) is 0 Å². The van der Waals surface area contributed by atoms with E-state index in [0.717, 1.165) is 17.1 Å². The van der Waals surface area contributed by atoms with Crippen molar-refractivity contribution in [3.63, 3.8) is 0 Å². The maximum absolute atomic E-state index is 11.7. The van der Waals surface area contributed by atoms with Crippen LogP contribution >= 0.6 is 11.3 Å². The Labute approximate surface area is 122 Å². The summed E-state index contributed by atoms with van der Waals surface area (Å²) in [7, 11) is 0. The van der Waals surface area contributed by atoms with Gasteiger partial charge >= 0.3 is 6.03 Å². The number of aromatic nitrogens is 3. The maximum Gasteiger partial charge on any atom is 0.315 e. The zero-order chi connectivity index (χ0) is 14.4. The molecule has 7 heteroatoms. The van der Waals surface area contributed by atoms with Gasteiger partial charge in [0.25, 0.3) is 0 Å². The van der Waals surface area contributed by atoms with Crippen LogP contribution in [0, 0.1) is 6.92 Å². The van der Waals surface area contributed by atoms with E-state index in [0.29, 0.717) is 13.1 Å². The quantitative estimate of drug-likeness (QED) is 0.849. The summed E-state index contributed by atoms with van der Waals surface area (Å²) in [4.78, 5) is 20.0. The molecule has 0 bridgehead atoms. The Bertz CT molecular complexity index is 537. The molecule has 2 heterocycles. The molecule has 6 nitrogen and oxygen atoms in total. The van der Waals surface area contributed by atoms with Crippen molar-refractivity contribution in [1.29, 1.82) is 0 Å². The molecule has 2 amide bonds. The van der Waals surface area contributed by atoms with Crippen LogP contribution in [-0.4, -0.2) is 33.2 Å². The molecule has 2 aromatic heterocycles. The van der Waals surface area contributed by atoms with Gasteiger partial charge in [0.15, 0.2) is 0 Å². The monoisotopic (exact) mass is 293 g/mol. The van der Waals surface area contributed by atoms with Crippen molar-refractivity contribution in [1.82, 2.24) is 25.2 Å². The molecule has 0 aliphatic carbocycles. The molecule has 0 radical (unpaired) electrons. The number of thiazole rings is 1. The van der Waals surface area contributed by atoms with Gasteiger partial charge in [-0.2, -0.15) is 0 Å². The van der Waals surface area contributed by atoms with Crippen LogP contribution < -0.4 is 10.6 Å². The molecule has 0 saturated heterocycles. The van der Waals surface area contributed by atoms with E-state index in [2.05, 4.69) is 20.6 Å². The van der Waals surface area contributed by atoms with Gasteiger partial charge in [-0.15, -0.1) is 11.3 Å². The third-order valence-electron chi connectivity index (χ3n) is 2.75. The van der Waals surface area contributed by atoms with Crippen molar-refractivity contribution in [2.45, 2.75) is 32.9 Å². The average Bonchev–Trinajstić information content (AvgIpc) is 3.01. The highest BCUT2D eigenvalue weighted by atomic mass is 32.1. The van der Waals surface area contributed by atoms with Gasteiger partial charge in [0.05, 0.1) is 17.0 Å². The van der Waals surface area contributed by atoms with Crippen molar-refractivity contribution in [2.24, 2.45) is 0 Å². The number of nitrogens with one attached hydrogen (secondary N) is 2. The first kappa shape index (κ1) is 14.5. The van der Waals surface area contributed by atoms with Crippen LogP contribution in [0.5, 0.6) is 0 Å². The highest BCUT2D eigenvalue weighted by molar-refractivity contribution is 7.09. The first-order chi connectivity index (χ1) is 9.63. The second kappa shape index (κ2) is 7.04. The molecular formula is C13H19N5OS. The Morgan fingerprint density at radius 2 is 2.40 bits per heavy atom. The summed E-state index contributed by atoms with van der Waals surface area (Å²) in [6, 6.07) is -0.102. The third-order valence-corrected chi connectivity index (χ3v) is 3.58. The van der Waals surface area contributed by atoms with E-state index in [1.54, 1.807) is 23.9 Å². The summed E-state index contributed by atoms with van der Waals surface area (Å²) < 4.78 is 1.93. The fourth-order valence-electron chi connectivity index (χ4n) is 1.86. The molecule has 0 aromatic carbocycles. The summed E-state index contributed by atoms with van der Waals surface area (Å²) >= 11 is 1.63. The standard InChI is InChI=1S/C13H19N5OS/c1-10(7-18-6-5-14-9-18)16-13(19)15-4-3-12-8-20-11(2)17-12/h5-6,8-10H,3-4,7H2,1-2H3,(H2,15,16,19). The Balaban J connectivity index is 1.64. The second-order valence-electron chi connectivity index (χ2n) is 4.67. The third kappa shape index (κ3) is 4.65. The molecule has 0 fully saturated rings. The van der Waals surface area contributed by atoms with Crippen molar-refractivity contribution in [3.05, 3.63) is 34.8 Å². The Morgan fingerprint density at radius 1 is 1.55 bits per heavy atom. The summed E-state index contributed by atoms with van der Waals surface area (Å²) in [6.45, 7) is 5.24. The molecule has 2 aromatic rings. The topological polar surface area (TPSA) is 71.8 Å². The molecule has 2 N–H and O–H groups in total. The lowest BCUT2D eigenvalue weighted by atomic mass is 10.3. The SMILES string of the molecule is Cc1nc(CCNC(=O)NC(C)Cn2ccnc2)cs1. The van der Waals surface area contributed by atoms with E-state index >= 15 is 0 Å². The van der Waals surface area contributed by atoms with Crippen LogP contribution in [0.3, 0.4) is 0 Å². The molecule has 0 aliphatic rings. The van der Waals surface area contributed by atoms with Crippen molar-refractivity contribution < 1.29 is 4.79 Å². The normalized spacial score (nSPS) is 12.1. The van der Waals surface area contributed by atoms with Gasteiger partial charge in [-0.05, 0) is 13.8 Å². The lowest BCUT2D eigenvalue weighted by Gasteiger charge is -2.14. The van der Waals surface area contributed by atoms with E-state index in [9.17, 15) is 4.79 Å². The summed E-state index contributed by atoms with van der Waals surface area (Å²) in [6.07, 6.45) is 6.09. The Morgan fingerprint density at radius 3 is 3.05 bits per heavy atom. The molecule has 108 valence electrons. The van der Waals surface area contributed by atoms with E-state index < -0.39 is 0 Å². The minimum atomic E-state index is -0.149. The molecule has 2 rings (SSSR count). The van der Waals surface area contributed by atoms with E-state index in [1.165, 1.54) is 0 Å². The fraction of sp³-hybridized carbons (Fsp3) is 0.462. The predicted molar refractivity (Wildman–Crippen MR) is 78.8 cm³/mol. The molecule has 0 aliphatic heterocycles. The van der Waals surface area contributed by atoms with Crippen LogP contribution in [0.15, 0.2) is 24.1 Å².